The number of rotatable bonds is 0. The summed E-state index contributed by atoms with van der Waals surface area (Å²) in [5, 5.41) is 0. The molecule has 0 saturated carbocycles. The van der Waals surface area contributed by atoms with Crippen molar-refractivity contribution in [2.24, 2.45) is 0 Å². The van der Waals surface area contributed by atoms with Gasteiger partial charge >= 0.3 is 74.4 Å². The Morgan fingerprint density at radius 1 is 1.20 bits per heavy atom. The first-order valence-corrected chi connectivity index (χ1v) is 0. The minimum Gasteiger partial charge on any atom is -1.00 e. The van der Waals surface area contributed by atoms with Gasteiger partial charge in [-0.1, -0.05) is 0 Å². The first-order valence-electron chi connectivity index (χ1n) is 0. The van der Waals surface area contributed by atoms with Gasteiger partial charge in [0.25, 0.3) is 0 Å². The Kier molecular flexibility index (Phi) is 235. The second-order valence-electron chi connectivity index (χ2n) is 0. The Hall–Kier alpha value is 3.08. The minimum atomic E-state index is 0. The number of halogens is 1. The summed E-state index contributed by atoms with van der Waals surface area (Å²) in [6.07, 6.45) is 0. The molecule has 0 aromatic heterocycles. The predicted molar refractivity (Wildman–Crippen MR) is 32.9 cm³/mol. The van der Waals surface area contributed by atoms with Gasteiger partial charge < -0.3 is 4.28 Å². The van der Waals surface area contributed by atoms with E-state index in [1.165, 1.54) is 0 Å². The van der Waals surface area contributed by atoms with Gasteiger partial charge in [0, 0.05) is 0 Å². The van der Waals surface area contributed by atoms with Crippen LogP contribution in [0.3, 0.4) is 0 Å². The number of hydrogen-bond acceptors (Lipinski definition) is 0. The van der Waals surface area contributed by atoms with Crippen molar-refractivity contribution in [1.82, 2.24) is 0 Å². The molecule has 5 heavy (non-hydrogen) atoms. The summed E-state index contributed by atoms with van der Waals surface area (Å²) < 4.78 is 0. The van der Waals surface area contributed by atoms with Gasteiger partial charge in [0.05, 0.1) is 0 Å². The molecule has 0 radical (unpaired) electrons. The molecule has 0 aliphatic rings. The molecule has 0 N–H and O–H groups in total. The molecule has 28 valence electrons. The Morgan fingerprint density at radius 3 is 1.20 bits per heavy atom. The van der Waals surface area contributed by atoms with Gasteiger partial charge in [-0.05, 0) is 11.0 Å². The smallest absolute Gasteiger partial charge is 1.00 e. The van der Waals surface area contributed by atoms with Gasteiger partial charge in [-0.2, -0.15) is 0 Å². The van der Waals surface area contributed by atoms with Crippen molar-refractivity contribution < 1.29 is 60.4 Å². The zero-order valence-corrected chi connectivity index (χ0v) is 6.65. The van der Waals surface area contributed by atoms with Crippen LogP contribution in [0.25, 0.3) is 0 Å². The second-order valence-corrected chi connectivity index (χ2v) is 0. The van der Waals surface area contributed by atoms with Crippen molar-refractivity contribution in [1.29, 1.82) is 0 Å². The minimum absolute atomic E-state index is 0. The third kappa shape index (κ3) is 19.3. The van der Waals surface area contributed by atoms with Crippen LogP contribution >= 0.6 is 0 Å². The molecule has 0 amide bonds. The van der Waals surface area contributed by atoms with Gasteiger partial charge in [-0.15, -0.1) is 0 Å². The molecular formula is H11AlFKMgSi. The summed E-state index contributed by atoms with van der Waals surface area (Å²) in [7, 11) is 0. The first kappa shape index (κ1) is 42.7. The van der Waals surface area contributed by atoms with E-state index >= 15 is 0 Å². The summed E-state index contributed by atoms with van der Waals surface area (Å²) in [6, 6.07) is 0. The molecule has 0 aliphatic carbocycles. The molecule has 0 saturated heterocycles. The van der Waals surface area contributed by atoms with Gasteiger partial charge in [-0.25, -0.2) is 0 Å². The molecule has 0 fully saturated rings. The maximum absolute atomic E-state index is 0. The van der Waals surface area contributed by atoms with E-state index in [2.05, 4.69) is 0 Å². The average Bonchev–Trinajstić information content (AvgIpc) is 0. The topological polar surface area (TPSA) is 0 Å². The van der Waals surface area contributed by atoms with Crippen LogP contribution in [-0.4, -0.2) is 51.4 Å². The van der Waals surface area contributed by atoms with Crippen LogP contribution in [0.1, 0.15) is 4.28 Å². The fraction of sp³-hybridized carbons (Fsp3) is 0. The summed E-state index contributed by atoms with van der Waals surface area (Å²) in [6.45, 7) is 0. The Bertz CT molecular complexity index is 19.2. The van der Waals surface area contributed by atoms with E-state index in [-0.39, 0.29) is 112 Å². The van der Waals surface area contributed by atoms with Gasteiger partial charge in [0.1, 0.15) is 0 Å². The van der Waals surface area contributed by atoms with Crippen LogP contribution in [0.4, 0.5) is 4.70 Å². The van der Waals surface area contributed by atoms with Crippen LogP contribution in [0.5, 0.6) is 0 Å². The van der Waals surface area contributed by atoms with E-state index in [9.17, 15) is 0 Å². The predicted octanol–water partition coefficient (Wildman–Crippen LogP) is -5.52. The molecule has 0 aromatic rings. The Labute approximate surface area is 109 Å². The maximum atomic E-state index is 0. The van der Waals surface area contributed by atoms with Crippen molar-refractivity contribution in [3.8, 4) is 0 Å². The number of hydrogen-bond donors (Lipinski definition) is 0. The quantitative estimate of drug-likeness (QED) is 0.301. The molecule has 0 spiro atoms. The molecule has 0 aromatic carbocycles. The van der Waals surface area contributed by atoms with Gasteiger partial charge in [0.15, 0.2) is 17.4 Å². The molecule has 0 heterocycles. The molecule has 0 rings (SSSR count). The average molecular weight is 149 g/mol. The van der Waals surface area contributed by atoms with E-state index < -0.39 is 0 Å². The van der Waals surface area contributed by atoms with Crippen molar-refractivity contribution >= 4 is 51.4 Å². The van der Waals surface area contributed by atoms with Crippen molar-refractivity contribution in [2.45, 2.75) is 0 Å². The van der Waals surface area contributed by atoms with Crippen LogP contribution in [-0.2, 0) is 0 Å². The van der Waals surface area contributed by atoms with E-state index in [0.29, 0.717) is 0 Å². The monoisotopic (exact) mass is 148 g/mol. The first-order chi connectivity index (χ1) is 0. The van der Waals surface area contributed by atoms with Gasteiger partial charge in [-0.3, -0.25) is 4.70 Å². The summed E-state index contributed by atoms with van der Waals surface area (Å²) >= 11 is 0. The second kappa shape index (κ2) is 27.6. The third-order valence-electron chi connectivity index (χ3n) is 0. The van der Waals surface area contributed by atoms with E-state index in [1.54, 1.807) is 0 Å². The van der Waals surface area contributed by atoms with E-state index in [1.807, 2.05) is 0 Å². The molecule has 5 heteroatoms. The molecule has 0 nitrogen and oxygen atoms in total. The summed E-state index contributed by atoms with van der Waals surface area (Å²) in [4.78, 5) is 0. The maximum Gasteiger partial charge on any atom is 2.00 e. The molecule has 0 aliphatic heterocycles. The van der Waals surface area contributed by atoms with Crippen LogP contribution in [0.15, 0.2) is 0 Å². The third-order valence-corrected chi connectivity index (χ3v) is 0. The van der Waals surface area contributed by atoms with E-state index in [0.717, 1.165) is 0 Å². The van der Waals surface area contributed by atoms with Crippen molar-refractivity contribution in [2.75, 3.05) is 0 Å². The summed E-state index contributed by atoms with van der Waals surface area (Å²) in [5.41, 5.74) is 0. The zero-order chi connectivity index (χ0) is 0. The normalized spacial score (nSPS) is 0. The molecule has 0 atom stereocenters. The largest absolute Gasteiger partial charge is 2.00 e. The summed E-state index contributed by atoms with van der Waals surface area (Å²) in [5.74, 6) is 0. The van der Waals surface area contributed by atoms with Crippen LogP contribution < -0.4 is 51.4 Å². The van der Waals surface area contributed by atoms with E-state index in [4.69, 9.17) is 0 Å². The van der Waals surface area contributed by atoms with Gasteiger partial charge in [0.2, 0.25) is 0 Å². The molecular weight excluding hydrogens is 137 g/mol. The Morgan fingerprint density at radius 2 is 1.20 bits per heavy atom. The van der Waals surface area contributed by atoms with Crippen molar-refractivity contribution in [3.63, 3.8) is 0 Å². The Balaban J connectivity index is 0. The van der Waals surface area contributed by atoms with Crippen LogP contribution in [0.2, 0.25) is 0 Å². The SMILES string of the molecule is F.[AlH3].[H-].[H-].[H-].[K+].[Mg+2].[SiH4]. The molecule has 0 bridgehead atoms. The van der Waals surface area contributed by atoms with Crippen LogP contribution in [0, 0.1) is 0 Å². The standard InChI is InChI=1S/Al.FH.K.Mg.H4Si.6H/h;1H;;;1H4;;;;;;/q;;+1;+2;;;;;3*-1. The zero-order valence-electron chi connectivity index (χ0n) is 5.12. The fourth-order valence-electron chi connectivity index (χ4n) is 0. The van der Waals surface area contributed by atoms with Crippen molar-refractivity contribution in [3.05, 3.63) is 0 Å². The fourth-order valence-corrected chi connectivity index (χ4v) is 0. The molecule has 0 unspecified atom stereocenters.